The summed E-state index contributed by atoms with van der Waals surface area (Å²) in [5.41, 5.74) is 1.23. The van der Waals surface area contributed by atoms with Gasteiger partial charge in [-0.15, -0.1) is 11.8 Å². The maximum absolute atomic E-state index is 9.30. The lowest BCUT2D eigenvalue weighted by Crippen LogP contribution is -2.30. The summed E-state index contributed by atoms with van der Waals surface area (Å²) in [6.07, 6.45) is 0.959. The van der Waals surface area contributed by atoms with Crippen molar-refractivity contribution in [3.63, 3.8) is 0 Å². The summed E-state index contributed by atoms with van der Waals surface area (Å²) in [6.45, 7) is 0. The average molecular weight is 352 g/mol. The highest BCUT2D eigenvalue weighted by Crippen LogP contribution is 2.22. The zero-order valence-electron chi connectivity index (χ0n) is 11.3. The van der Waals surface area contributed by atoms with E-state index in [1.165, 1.54) is 10.5 Å². The molecule has 4 heteroatoms. The fraction of sp³-hybridized carbons (Fsp3) is 0.250. The number of phenolic OH excluding ortho intramolecular Hbond substituents is 1. The Morgan fingerprint density at radius 3 is 2.35 bits per heavy atom. The van der Waals surface area contributed by atoms with Crippen LogP contribution in [0, 0.1) is 0 Å². The quantitative estimate of drug-likeness (QED) is 0.769. The molecule has 2 aromatic carbocycles. The molecular formula is C16H18BrNOS. The highest BCUT2D eigenvalue weighted by Gasteiger charge is 2.08. The Labute approximate surface area is 132 Å². The smallest absolute Gasteiger partial charge is 0.115 e. The van der Waals surface area contributed by atoms with Crippen molar-refractivity contribution in [2.24, 2.45) is 0 Å². The van der Waals surface area contributed by atoms with Gasteiger partial charge in [-0.3, -0.25) is 0 Å². The lowest BCUT2D eigenvalue weighted by molar-refractivity contribution is 0.475. The number of nitrogens with one attached hydrogen (secondary N) is 1. The van der Waals surface area contributed by atoms with E-state index in [1.807, 2.05) is 30.9 Å². The summed E-state index contributed by atoms with van der Waals surface area (Å²) in [6, 6.07) is 16.2. The molecule has 0 saturated heterocycles. The molecule has 20 heavy (non-hydrogen) atoms. The van der Waals surface area contributed by atoms with Gasteiger partial charge in [-0.25, -0.2) is 0 Å². The van der Waals surface area contributed by atoms with Crippen molar-refractivity contribution in [3.8, 4) is 5.75 Å². The number of likely N-dealkylation sites (N-methyl/N-ethyl adjacent to an activating group) is 1. The Bertz CT molecular complexity index is 527. The van der Waals surface area contributed by atoms with Crippen molar-refractivity contribution in [2.45, 2.75) is 17.4 Å². The molecule has 0 heterocycles. The molecule has 2 nitrogen and oxygen atoms in total. The molecular weight excluding hydrogens is 334 g/mol. The van der Waals surface area contributed by atoms with E-state index in [1.54, 1.807) is 12.1 Å². The number of halogens is 1. The van der Waals surface area contributed by atoms with Gasteiger partial charge in [-0.1, -0.05) is 28.1 Å². The first-order chi connectivity index (χ1) is 9.67. The molecule has 0 aromatic heterocycles. The van der Waals surface area contributed by atoms with Crippen LogP contribution < -0.4 is 5.32 Å². The molecule has 1 unspecified atom stereocenters. The molecule has 0 fully saturated rings. The number of hydrogen-bond acceptors (Lipinski definition) is 3. The van der Waals surface area contributed by atoms with Crippen LogP contribution in [0.3, 0.4) is 0 Å². The van der Waals surface area contributed by atoms with Crippen LogP contribution in [-0.4, -0.2) is 23.9 Å². The minimum absolute atomic E-state index is 0.319. The second-order valence-corrected chi connectivity index (χ2v) is 6.63. The van der Waals surface area contributed by atoms with Crippen LogP contribution in [0.25, 0.3) is 0 Å². The number of hydrogen-bond donors (Lipinski definition) is 2. The normalized spacial score (nSPS) is 12.3. The maximum atomic E-state index is 9.30. The number of benzene rings is 2. The Kier molecular flexibility index (Phi) is 5.95. The Hall–Kier alpha value is -0.970. The molecule has 0 saturated carbocycles. The number of phenols is 1. The molecule has 0 aliphatic carbocycles. The van der Waals surface area contributed by atoms with Crippen molar-refractivity contribution in [1.29, 1.82) is 0 Å². The van der Waals surface area contributed by atoms with Crippen molar-refractivity contribution in [2.75, 3.05) is 12.8 Å². The molecule has 2 aromatic rings. The molecule has 0 aliphatic heterocycles. The largest absolute Gasteiger partial charge is 0.508 e. The van der Waals surface area contributed by atoms with Crippen LogP contribution in [0.1, 0.15) is 5.56 Å². The van der Waals surface area contributed by atoms with Gasteiger partial charge in [-0.2, -0.15) is 0 Å². The van der Waals surface area contributed by atoms with Gasteiger partial charge in [-0.05, 0) is 55.4 Å². The van der Waals surface area contributed by atoms with E-state index >= 15 is 0 Å². The van der Waals surface area contributed by atoms with Gasteiger partial charge in [0.1, 0.15) is 5.75 Å². The number of thioether (sulfide) groups is 1. The van der Waals surface area contributed by atoms with E-state index in [0.717, 1.165) is 16.6 Å². The number of rotatable bonds is 6. The van der Waals surface area contributed by atoms with Crippen molar-refractivity contribution in [3.05, 3.63) is 58.6 Å². The first kappa shape index (κ1) is 15.4. The zero-order valence-corrected chi connectivity index (χ0v) is 13.7. The zero-order chi connectivity index (χ0) is 14.4. The van der Waals surface area contributed by atoms with Crippen molar-refractivity contribution >= 4 is 27.7 Å². The summed E-state index contributed by atoms with van der Waals surface area (Å²) >= 11 is 5.30. The third kappa shape index (κ3) is 4.85. The van der Waals surface area contributed by atoms with E-state index < -0.39 is 0 Å². The van der Waals surface area contributed by atoms with Gasteiger partial charge < -0.3 is 10.4 Å². The van der Waals surface area contributed by atoms with Crippen LogP contribution in [0.15, 0.2) is 57.9 Å². The third-order valence-electron chi connectivity index (χ3n) is 3.09. The second kappa shape index (κ2) is 7.72. The Balaban J connectivity index is 1.88. The average Bonchev–Trinajstić information content (AvgIpc) is 2.47. The van der Waals surface area contributed by atoms with E-state index in [9.17, 15) is 5.11 Å². The highest BCUT2D eigenvalue weighted by atomic mass is 79.9. The molecule has 0 amide bonds. The standard InChI is InChI=1S/C16H18BrNOS/c1-18-14(10-12-2-6-15(19)7-3-12)11-20-16-8-4-13(17)5-9-16/h2-9,14,18-19H,10-11H2,1H3. The van der Waals surface area contributed by atoms with Crippen molar-refractivity contribution in [1.82, 2.24) is 5.32 Å². The van der Waals surface area contributed by atoms with Crippen LogP contribution in [0.4, 0.5) is 0 Å². The lowest BCUT2D eigenvalue weighted by atomic mass is 10.1. The van der Waals surface area contributed by atoms with Crippen molar-refractivity contribution < 1.29 is 5.11 Å². The fourth-order valence-electron chi connectivity index (χ4n) is 1.89. The van der Waals surface area contributed by atoms with Crippen LogP contribution >= 0.6 is 27.7 Å². The number of aromatic hydroxyl groups is 1. The van der Waals surface area contributed by atoms with E-state index in [0.29, 0.717) is 11.8 Å². The fourth-order valence-corrected chi connectivity index (χ4v) is 3.16. The lowest BCUT2D eigenvalue weighted by Gasteiger charge is -2.16. The maximum Gasteiger partial charge on any atom is 0.115 e. The highest BCUT2D eigenvalue weighted by molar-refractivity contribution is 9.10. The van der Waals surface area contributed by atoms with Crippen LogP contribution in [0.2, 0.25) is 0 Å². The molecule has 2 rings (SSSR count). The SMILES string of the molecule is CNC(CSc1ccc(Br)cc1)Cc1ccc(O)cc1. The predicted octanol–water partition coefficient (Wildman–Crippen LogP) is 4.08. The van der Waals surface area contributed by atoms with E-state index in [4.69, 9.17) is 0 Å². The summed E-state index contributed by atoms with van der Waals surface area (Å²) in [5, 5.41) is 12.7. The molecule has 2 N–H and O–H groups in total. The first-order valence-electron chi connectivity index (χ1n) is 6.51. The van der Waals surface area contributed by atoms with E-state index in [2.05, 4.69) is 45.5 Å². The summed E-state index contributed by atoms with van der Waals surface area (Å²) in [7, 11) is 1.99. The van der Waals surface area contributed by atoms with Gasteiger partial charge in [0.15, 0.2) is 0 Å². The van der Waals surface area contributed by atoms with Crippen LogP contribution in [0.5, 0.6) is 5.75 Å². The molecule has 1 atom stereocenters. The Morgan fingerprint density at radius 2 is 1.75 bits per heavy atom. The predicted molar refractivity (Wildman–Crippen MR) is 89.5 cm³/mol. The summed E-state index contributed by atoms with van der Waals surface area (Å²) in [5.74, 6) is 1.33. The van der Waals surface area contributed by atoms with E-state index in [-0.39, 0.29) is 0 Å². The summed E-state index contributed by atoms with van der Waals surface area (Å²) < 4.78 is 1.11. The first-order valence-corrected chi connectivity index (χ1v) is 8.29. The van der Waals surface area contributed by atoms with Gasteiger partial charge in [0.2, 0.25) is 0 Å². The topological polar surface area (TPSA) is 32.3 Å². The van der Waals surface area contributed by atoms with Gasteiger partial charge >= 0.3 is 0 Å². The second-order valence-electron chi connectivity index (χ2n) is 4.62. The Morgan fingerprint density at radius 1 is 1.10 bits per heavy atom. The third-order valence-corrected chi connectivity index (χ3v) is 4.79. The van der Waals surface area contributed by atoms with Gasteiger partial charge in [0.25, 0.3) is 0 Å². The molecule has 0 aliphatic rings. The molecule has 0 spiro atoms. The monoisotopic (exact) mass is 351 g/mol. The van der Waals surface area contributed by atoms with Gasteiger partial charge in [0, 0.05) is 21.2 Å². The molecule has 0 radical (unpaired) electrons. The van der Waals surface area contributed by atoms with Crippen LogP contribution in [-0.2, 0) is 6.42 Å². The summed E-state index contributed by atoms with van der Waals surface area (Å²) in [4.78, 5) is 1.28. The van der Waals surface area contributed by atoms with Gasteiger partial charge in [0.05, 0.1) is 0 Å². The minimum atomic E-state index is 0.319. The minimum Gasteiger partial charge on any atom is -0.508 e. The molecule has 0 bridgehead atoms. The molecule has 106 valence electrons.